The van der Waals surface area contributed by atoms with E-state index in [2.05, 4.69) is 6.92 Å². The monoisotopic (exact) mass is 214 g/mol. The number of carbonyl (C=O) groups excluding carboxylic acids is 1. The summed E-state index contributed by atoms with van der Waals surface area (Å²) >= 11 is 0. The van der Waals surface area contributed by atoms with Crippen molar-refractivity contribution < 1.29 is 9.53 Å². The molecule has 4 nitrogen and oxygen atoms in total. The second kappa shape index (κ2) is 5.47. The van der Waals surface area contributed by atoms with Crippen LogP contribution in [0.4, 0.5) is 0 Å². The van der Waals surface area contributed by atoms with Crippen molar-refractivity contribution in [2.24, 2.45) is 17.4 Å². The van der Waals surface area contributed by atoms with Gasteiger partial charge in [-0.3, -0.25) is 4.79 Å². The normalized spacial score (nSPS) is 31.5. The molecule has 88 valence electrons. The number of hydrogen-bond acceptors (Lipinski definition) is 3. The number of ether oxygens (including phenoxy) is 1. The molecule has 0 aliphatic heterocycles. The van der Waals surface area contributed by atoms with Crippen LogP contribution in [0.15, 0.2) is 0 Å². The van der Waals surface area contributed by atoms with Crippen molar-refractivity contribution in [1.29, 1.82) is 0 Å². The molecular weight excluding hydrogens is 192 g/mol. The molecular formula is C11H22N2O2. The molecule has 0 heterocycles. The zero-order valence-electron chi connectivity index (χ0n) is 9.50. The first kappa shape index (κ1) is 12.5. The lowest BCUT2D eigenvalue weighted by Gasteiger charge is -2.39. The number of amides is 1. The van der Waals surface area contributed by atoms with Gasteiger partial charge in [-0.2, -0.15) is 0 Å². The Labute approximate surface area is 91.3 Å². The number of primary amides is 1. The number of nitrogens with two attached hydrogens (primary N) is 2. The maximum Gasteiger partial charge on any atom is 0.219 e. The summed E-state index contributed by atoms with van der Waals surface area (Å²) in [6, 6.07) is 0. The fourth-order valence-corrected chi connectivity index (χ4v) is 2.36. The second-order valence-corrected chi connectivity index (χ2v) is 4.65. The number of rotatable bonds is 5. The van der Waals surface area contributed by atoms with Crippen LogP contribution < -0.4 is 11.5 Å². The topological polar surface area (TPSA) is 78.3 Å². The first-order valence-corrected chi connectivity index (χ1v) is 5.70. The molecule has 0 saturated heterocycles. The first-order valence-electron chi connectivity index (χ1n) is 5.70. The van der Waals surface area contributed by atoms with Gasteiger partial charge in [0.1, 0.15) is 0 Å². The molecule has 15 heavy (non-hydrogen) atoms. The quantitative estimate of drug-likeness (QED) is 0.710. The summed E-state index contributed by atoms with van der Waals surface area (Å²) in [5.41, 5.74) is 10.6. The van der Waals surface area contributed by atoms with E-state index in [0.29, 0.717) is 19.1 Å². The Morgan fingerprint density at radius 1 is 1.60 bits per heavy atom. The highest BCUT2D eigenvalue weighted by Crippen LogP contribution is 2.34. The minimum Gasteiger partial charge on any atom is -0.373 e. The Morgan fingerprint density at radius 2 is 2.33 bits per heavy atom. The average Bonchev–Trinajstić information content (AvgIpc) is 2.17. The predicted molar refractivity (Wildman–Crippen MR) is 59.2 cm³/mol. The molecule has 2 atom stereocenters. The number of carbonyl (C=O) groups is 1. The highest BCUT2D eigenvalue weighted by molar-refractivity contribution is 5.73. The zero-order valence-corrected chi connectivity index (χ0v) is 9.50. The molecule has 1 aliphatic carbocycles. The summed E-state index contributed by atoms with van der Waals surface area (Å²) < 4.78 is 5.78. The molecule has 1 rings (SSSR count). The second-order valence-electron chi connectivity index (χ2n) is 4.65. The van der Waals surface area contributed by atoms with Crippen LogP contribution in [0.5, 0.6) is 0 Å². The third-order valence-corrected chi connectivity index (χ3v) is 3.18. The van der Waals surface area contributed by atoms with E-state index in [1.54, 1.807) is 0 Å². The molecule has 0 aromatic heterocycles. The van der Waals surface area contributed by atoms with Gasteiger partial charge in [0.15, 0.2) is 0 Å². The van der Waals surface area contributed by atoms with Gasteiger partial charge < -0.3 is 16.2 Å². The van der Waals surface area contributed by atoms with Crippen LogP contribution in [0, 0.1) is 5.92 Å². The third-order valence-electron chi connectivity index (χ3n) is 3.18. The van der Waals surface area contributed by atoms with Crippen LogP contribution in [0.1, 0.15) is 39.0 Å². The molecule has 0 aromatic rings. The highest BCUT2D eigenvalue weighted by atomic mass is 16.5. The van der Waals surface area contributed by atoms with Crippen LogP contribution in [0.2, 0.25) is 0 Å². The Kier molecular flexibility index (Phi) is 4.54. The van der Waals surface area contributed by atoms with Gasteiger partial charge in [-0.25, -0.2) is 0 Å². The molecule has 0 bridgehead atoms. The minimum absolute atomic E-state index is 0.201. The standard InChI is InChI=1S/C11H22N2O2/c1-9-3-2-5-11(7-9,8-12)15-6-4-10(13)14/h9H,2-8,12H2,1H3,(H2,13,14). The summed E-state index contributed by atoms with van der Waals surface area (Å²) in [7, 11) is 0. The van der Waals surface area contributed by atoms with E-state index < -0.39 is 0 Å². The van der Waals surface area contributed by atoms with E-state index in [9.17, 15) is 4.79 Å². The van der Waals surface area contributed by atoms with Gasteiger partial charge in [0.05, 0.1) is 12.2 Å². The molecule has 1 aliphatic rings. The Hall–Kier alpha value is -0.610. The van der Waals surface area contributed by atoms with E-state index in [1.807, 2.05) is 0 Å². The lowest BCUT2D eigenvalue weighted by atomic mass is 9.79. The van der Waals surface area contributed by atoms with Crippen molar-refractivity contribution in [2.75, 3.05) is 13.2 Å². The maximum atomic E-state index is 10.6. The van der Waals surface area contributed by atoms with Crippen molar-refractivity contribution in [2.45, 2.75) is 44.6 Å². The van der Waals surface area contributed by atoms with Gasteiger partial charge in [0, 0.05) is 13.0 Å². The summed E-state index contributed by atoms with van der Waals surface area (Å²) in [6.07, 6.45) is 4.71. The molecule has 0 radical (unpaired) electrons. The molecule has 1 saturated carbocycles. The van der Waals surface area contributed by atoms with Crippen LogP contribution in [-0.2, 0) is 9.53 Å². The third kappa shape index (κ3) is 3.80. The van der Waals surface area contributed by atoms with E-state index in [0.717, 1.165) is 19.3 Å². The first-order chi connectivity index (χ1) is 7.08. The molecule has 4 N–H and O–H groups in total. The van der Waals surface area contributed by atoms with Gasteiger partial charge in [-0.05, 0) is 18.8 Å². The fourth-order valence-electron chi connectivity index (χ4n) is 2.36. The summed E-state index contributed by atoms with van der Waals surface area (Å²) in [5.74, 6) is 0.349. The molecule has 0 spiro atoms. The van der Waals surface area contributed by atoms with Crippen molar-refractivity contribution >= 4 is 5.91 Å². The average molecular weight is 214 g/mol. The Bertz CT molecular complexity index is 221. The van der Waals surface area contributed by atoms with Crippen LogP contribution in [-0.4, -0.2) is 24.7 Å². The highest BCUT2D eigenvalue weighted by Gasteiger charge is 2.34. The predicted octanol–water partition coefficient (Wildman–Crippen LogP) is 0.786. The molecule has 4 heteroatoms. The lowest BCUT2D eigenvalue weighted by molar-refractivity contribution is -0.122. The number of hydrogen-bond donors (Lipinski definition) is 2. The Morgan fingerprint density at radius 3 is 2.87 bits per heavy atom. The lowest BCUT2D eigenvalue weighted by Crippen LogP contribution is -2.45. The molecule has 0 aromatic carbocycles. The van der Waals surface area contributed by atoms with Gasteiger partial charge in [0.2, 0.25) is 5.91 Å². The molecule has 1 fully saturated rings. The summed E-state index contributed by atoms with van der Waals surface area (Å²) in [6.45, 7) is 3.16. The van der Waals surface area contributed by atoms with E-state index >= 15 is 0 Å². The fraction of sp³-hybridized carbons (Fsp3) is 0.909. The van der Waals surface area contributed by atoms with E-state index in [-0.39, 0.29) is 17.9 Å². The van der Waals surface area contributed by atoms with Crippen molar-refractivity contribution in [3.8, 4) is 0 Å². The van der Waals surface area contributed by atoms with Crippen molar-refractivity contribution in [3.05, 3.63) is 0 Å². The Balaban J connectivity index is 2.41. The summed E-state index contributed by atoms with van der Waals surface area (Å²) in [4.78, 5) is 10.6. The van der Waals surface area contributed by atoms with Crippen LogP contribution in [0.3, 0.4) is 0 Å². The minimum atomic E-state index is -0.314. The van der Waals surface area contributed by atoms with Gasteiger partial charge in [-0.15, -0.1) is 0 Å². The van der Waals surface area contributed by atoms with Gasteiger partial charge >= 0.3 is 0 Å². The molecule has 2 unspecified atom stereocenters. The zero-order chi connectivity index (χ0) is 11.3. The van der Waals surface area contributed by atoms with E-state index in [4.69, 9.17) is 16.2 Å². The van der Waals surface area contributed by atoms with Crippen molar-refractivity contribution in [3.63, 3.8) is 0 Å². The van der Waals surface area contributed by atoms with Crippen LogP contribution in [0.25, 0.3) is 0 Å². The van der Waals surface area contributed by atoms with Gasteiger partial charge in [-0.1, -0.05) is 19.8 Å². The smallest absolute Gasteiger partial charge is 0.219 e. The molecule has 1 amide bonds. The summed E-state index contributed by atoms with van der Waals surface area (Å²) in [5, 5.41) is 0. The van der Waals surface area contributed by atoms with Gasteiger partial charge in [0.25, 0.3) is 0 Å². The largest absolute Gasteiger partial charge is 0.373 e. The van der Waals surface area contributed by atoms with E-state index in [1.165, 1.54) is 6.42 Å². The SMILES string of the molecule is CC1CCCC(CN)(OCCC(N)=O)C1. The maximum absolute atomic E-state index is 10.6. The van der Waals surface area contributed by atoms with Crippen molar-refractivity contribution in [1.82, 2.24) is 0 Å². The van der Waals surface area contributed by atoms with Crippen LogP contribution >= 0.6 is 0 Å².